The van der Waals surface area contributed by atoms with Crippen LogP contribution in [0.4, 0.5) is 0 Å². The summed E-state index contributed by atoms with van der Waals surface area (Å²) < 4.78 is 0. The summed E-state index contributed by atoms with van der Waals surface area (Å²) in [7, 11) is 0. The molecule has 0 saturated heterocycles. The number of rotatable bonds is 8. The first-order chi connectivity index (χ1) is 6.45. The monoisotopic (exact) mass is 204 g/mol. The Morgan fingerprint density at radius 3 is 2.14 bits per heavy atom. The van der Waals surface area contributed by atoms with Gasteiger partial charge in [-0.3, -0.25) is 4.79 Å². The van der Waals surface area contributed by atoms with Crippen LogP contribution in [0.3, 0.4) is 0 Å². The van der Waals surface area contributed by atoms with Gasteiger partial charge in [0.05, 0.1) is 0 Å². The van der Waals surface area contributed by atoms with Crippen molar-refractivity contribution in [2.24, 2.45) is 0 Å². The number of carbonyl (C=O) groups excluding carboxylic acids is 1. The molecule has 0 bridgehead atoms. The fourth-order valence-electron chi connectivity index (χ4n) is 1.22. The van der Waals surface area contributed by atoms with Crippen molar-refractivity contribution < 1.29 is 20.1 Å². The van der Waals surface area contributed by atoms with Crippen molar-refractivity contribution in [1.29, 1.82) is 0 Å². The van der Waals surface area contributed by atoms with E-state index in [4.69, 9.17) is 15.3 Å². The second-order valence-electron chi connectivity index (χ2n) is 3.62. The normalized spacial score (nSPS) is 11.7. The molecule has 0 aromatic heterocycles. The number of ketones is 1. The molecule has 0 spiro atoms. The molecule has 0 atom stereocenters. The van der Waals surface area contributed by atoms with Crippen LogP contribution in [-0.2, 0) is 4.79 Å². The van der Waals surface area contributed by atoms with Gasteiger partial charge in [-0.1, -0.05) is 19.8 Å². The minimum Gasteiger partial charge on any atom is -0.344 e. The average molecular weight is 204 g/mol. The second-order valence-corrected chi connectivity index (χ2v) is 3.62. The summed E-state index contributed by atoms with van der Waals surface area (Å²) >= 11 is 0. The fraction of sp³-hybridized carbons (Fsp3) is 0.900. The van der Waals surface area contributed by atoms with Crippen LogP contribution in [0.5, 0.6) is 0 Å². The van der Waals surface area contributed by atoms with E-state index in [9.17, 15) is 4.79 Å². The van der Waals surface area contributed by atoms with E-state index in [0.29, 0.717) is 19.3 Å². The first-order valence-electron chi connectivity index (χ1n) is 5.14. The van der Waals surface area contributed by atoms with Crippen molar-refractivity contribution in [3.05, 3.63) is 0 Å². The first-order valence-corrected chi connectivity index (χ1v) is 5.14. The summed E-state index contributed by atoms with van der Waals surface area (Å²) in [5.41, 5.74) is 0. The van der Waals surface area contributed by atoms with Crippen molar-refractivity contribution in [2.45, 2.75) is 57.8 Å². The Labute approximate surface area is 84.6 Å². The molecule has 3 N–H and O–H groups in total. The molecule has 0 fully saturated rings. The highest BCUT2D eigenvalue weighted by Crippen LogP contribution is 2.09. The van der Waals surface area contributed by atoms with Crippen LogP contribution in [0.15, 0.2) is 0 Å². The molecule has 0 amide bonds. The molecule has 0 rings (SSSR count). The Morgan fingerprint density at radius 2 is 1.64 bits per heavy atom. The predicted molar refractivity (Wildman–Crippen MR) is 52.4 cm³/mol. The van der Waals surface area contributed by atoms with Crippen molar-refractivity contribution >= 4 is 5.78 Å². The Hall–Kier alpha value is -0.450. The zero-order valence-electron chi connectivity index (χ0n) is 8.70. The number of unbranched alkanes of at least 4 members (excludes halogenated alkanes) is 2. The molecule has 0 aliphatic carbocycles. The summed E-state index contributed by atoms with van der Waals surface area (Å²) in [5.74, 6) is -2.49. The third kappa shape index (κ3) is 9.64. The minimum atomic E-state index is -2.62. The van der Waals surface area contributed by atoms with Crippen molar-refractivity contribution in [1.82, 2.24) is 0 Å². The van der Waals surface area contributed by atoms with E-state index in [1.165, 1.54) is 0 Å². The van der Waals surface area contributed by atoms with Crippen molar-refractivity contribution in [3.8, 4) is 0 Å². The lowest BCUT2D eigenvalue weighted by atomic mass is 10.1. The van der Waals surface area contributed by atoms with Gasteiger partial charge in [0.15, 0.2) is 0 Å². The molecule has 0 aromatic carbocycles. The van der Waals surface area contributed by atoms with Crippen LogP contribution in [0.2, 0.25) is 0 Å². The van der Waals surface area contributed by atoms with Crippen LogP contribution in [0.1, 0.15) is 51.9 Å². The largest absolute Gasteiger partial charge is 0.344 e. The van der Waals surface area contributed by atoms with Gasteiger partial charge >= 0.3 is 0 Å². The van der Waals surface area contributed by atoms with Crippen molar-refractivity contribution in [3.63, 3.8) is 0 Å². The van der Waals surface area contributed by atoms with Gasteiger partial charge in [0.1, 0.15) is 5.78 Å². The van der Waals surface area contributed by atoms with Gasteiger partial charge < -0.3 is 15.3 Å². The van der Waals surface area contributed by atoms with Crippen molar-refractivity contribution in [2.75, 3.05) is 0 Å². The van der Waals surface area contributed by atoms with Crippen LogP contribution < -0.4 is 0 Å². The summed E-state index contributed by atoms with van der Waals surface area (Å²) in [6.45, 7) is 2.07. The van der Waals surface area contributed by atoms with Gasteiger partial charge in [-0.05, 0) is 12.8 Å². The Kier molecular flexibility index (Phi) is 6.70. The third-order valence-corrected chi connectivity index (χ3v) is 2.03. The van der Waals surface area contributed by atoms with Gasteiger partial charge in [-0.2, -0.15) is 0 Å². The molecule has 4 nitrogen and oxygen atoms in total. The maximum absolute atomic E-state index is 11.2. The van der Waals surface area contributed by atoms with E-state index < -0.39 is 5.97 Å². The Balaban J connectivity index is 3.36. The lowest BCUT2D eigenvalue weighted by molar-refractivity contribution is -0.314. The average Bonchev–Trinajstić information content (AvgIpc) is 2.02. The molecular formula is C10H20O4. The SMILES string of the molecule is CCCCCC(=O)CCCC(O)(O)O. The van der Waals surface area contributed by atoms with Crippen LogP contribution in [0.25, 0.3) is 0 Å². The molecule has 4 heteroatoms. The van der Waals surface area contributed by atoms with E-state index in [1.54, 1.807) is 0 Å². The van der Waals surface area contributed by atoms with E-state index in [1.807, 2.05) is 0 Å². The predicted octanol–water partition coefficient (Wildman–Crippen LogP) is 0.937. The Morgan fingerprint density at radius 1 is 1.07 bits per heavy atom. The molecule has 0 radical (unpaired) electrons. The Bertz CT molecular complexity index is 160. The smallest absolute Gasteiger partial charge is 0.275 e. The van der Waals surface area contributed by atoms with Crippen LogP contribution in [0, 0.1) is 0 Å². The van der Waals surface area contributed by atoms with Gasteiger partial charge in [-0.15, -0.1) is 0 Å². The van der Waals surface area contributed by atoms with Gasteiger partial charge in [-0.25, -0.2) is 0 Å². The molecule has 0 heterocycles. The lowest BCUT2D eigenvalue weighted by Gasteiger charge is -2.12. The summed E-state index contributed by atoms with van der Waals surface area (Å²) in [4.78, 5) is 11.2. The number of hydrogen-bond acceptors (Lipinski definition) is 4. The zero-order chi connectivity index (χ0) is 11.0. The number of carbonyl (C=O) groups is 1. The van der Waals surface area contributed by atoms with Crippen LogP contribution >= 0.6 is 0 Å². The van der Waals surface area contributed by atoms with E-state index in [0.717, 1.165) is 19.3 Å². The molecular weight excluding hydrogens is 184 g/mol. The minimum absolute atomic E-state index is 0.128. The highest BCUT2D eigenvalue weighted by molar-refractivity contribution is 5.78. The van der Waals surface area contributed by atoms with Crippen LogP contribution in [-0.4, -0.2) is 27.1 Å². The molecule has 0 aliphatic rings. The highest BCUT2D eigenvalue weighted by Gasteiger charge is 2.17. The molecule has 0 saturated carbocycles. The zero-order valence-corrected chi connectivity index (χ0v) is 8.70. The standard InChI is InChI=1S/C10H20O4/c1-2-3-4-6-9(11)7-5-8-10(12,13)14/h12-14H,2-8H2,1H3. The highest BCUT2D eigenvalue weighted by atomic mass is 16.7. The first kappa shape index (κ1) is 13.5. The number of aliphatic hydroxyl groups is 3. The fourth-order valence-corrected chi connectivity index (χ4v) is 1.22. The third-order valence-electron chi connectivity index (χ3n) is 2.03. The molecule has 14 heavy (non-hydrogen) atoms. The van der Waals surface area contributed by atoms with E-state index in [2.05, 4.69) is 6.92 Å². The lowest BCUT2D eigenvalue weighted by Crippen LogP contribution is -2.26. The summed E-state index contributed by atoms with van der Waals surface area (Å²) in [5, 5.41) is 25.6. The quantitative estimate of drug-likeness (QED) is 0.406. The summed E-state index contributed by atoms with van der Waals surface area (Å²) in [6, 6.07) is 0. The molecule has 84 valence electrons. The molecule has 0 aliphatic heterocycles. The molecule has 0 aromatic rings. The number of Topliss-reactive ketones (excluding diaryl/α,β-unsaturated/α-hetero) is 1. The maximum Gasteiger partial charge on any atom is 0.275 e. The van der Waals surface area contributed by atoms with Gasteiger partial charge in [0.25, 0.3) is 5.97 Å². The topological polar surface area (TPSA) is 77.8 Å². The second kappa shape index (κ2) is 6.92. The van der Waals surface area contributed by atoms with E-state index >= 15 is 0 Å². The molecule has 0 unspecified atom stereocenters. The number of hydrogen-bond donors (Lipinski definition) is 3. The maximum atomic E-state index is 11.2. The van der Waals surface area contributed by atoms with E-state index in [-0.39, 0.29) is 12.2 Å². The van der Waals surface area contributed by atoms with Gasteiger partial charge in [0, 0.05) is 19.3 Å². The summed E-state index contributed by atoms with van der Waals surface area (Å²) in [6.07, 6.45) is 4.05. The van der Waals surface area contributed by atoms with Gasteiger partial charge in [0.2, 0.25) is 0 Å².